The van der Waals surface area contributed by atoms with Crippen molar-refractivity contribution in [3.63, 3.8) is 0 Å². The largest absolute Gasteiger partial charge is 0.508 e. The molecule has 1 aromatic heterocycles. The van der Waals surface area contributed by atoms with Crippen molar-refractivity contribution in [1.29, 1.82) is 0 Å². The topological polar surface area (TPSA) is 81.8 Å². The van der Waals surface area contributed by atoms with Crippen LogP contribution in [0.3, 0.4) is 0 Å². The van der Waals surface area contributed by atoms with Crippen molar-refractivity contribution in [2.24, 2.45) is 5.92 Å². The normalized spacial score (nSPS) is 11.1. The summed E-state index contributed by atoms with van der Waals surface area (Å²) in [6.07, 6.45) is 0.582. The van der Waals surface area contributed by atoms with E-state index in [1.54, 1.807) is 12.1 Å². The first kappa shape index (κ1) is 18.8. The molecule has 0 saturated carbocycles. The Bertz CT molecular complexity index is 945. The molecule has 0 unspecified atom stereocenters. The molecule has 142 valence electrons. The Hall–Kier alpha value is -3.02. The van der Waals surface area contributed by atoms with Gasteiger partial charge >= 0.3 is 5.97 Å². The maximum absolute atomic E-state index is 11.4. The zero-order valence-corrected chi connectivity index (χ0v) is 15.7. The van der Waals surface area contributed by atoms with E-state index in [2.05, 4.69) is 23.7 Å². The van der Waals surface area contributed by atoms with E-state index in [1.807, 2.05) is 24.3 Å². The first-order valence-corrected chi connectivity index (χ1v) is 8.89. The lowest BCUT2D eigenvalue weighted by Gasteiger charge is -2.08. The van der Waals surface area contributed by atoms with Gasteiger partial charge in [-0.1, -0.05) is 19.0 Å². The summed E-state index contributed by atoms with van der Waals surface area (Å²) >= 11 is 0. The second kappa shape index (κ2) is 8.12. The summed E-state index contributed by atoms with van der Waals surface area (Å²) in [5.41, 5.74) is 2.78. The molecule has 0 fully saturated rings. The molecule has 0 saturated heterocycles. The van der Waals surface area contributed by atoms with Crippen molar-refractivity contribution < 1.29 is 23.9 Å². The van der Waals surface area contributed by atoms with Crippen LogP contribution in [0.4, 0.5) is 0 Å². The number of hydrogen-bond donors (Lipinski definition) is 1. The molecule has 0 aliphatic heterocycles. The number of esters is 1. The van der Waals surface area contributed by atoms with Crippen LogP contribution < -0.4 is 4.74 Å². The molecule has 27 heavy (non-hydrogen) atoms. The standard InChI is InChI=1S/C21H23NO5/c1-13(2)12-26-16-6-7-17-19(11-16)27-22-21(17)15-4-8-18(23)14(10-15)5-9-20(24)25-3/h4,6-8,10-11,13,23H,5,9,12H2,1-3H3. The molecule has 0 aliphatic carbocycles. The van der Waals surface area contributed by atoms with Crippen LogP contribution in [-0.4, -0.2) is 29.9 Å². The van der Waals surface area contributed by atoms with Gasteiger partial charge in [0.05, 0.1) is 13.7 Å². The van der Waals surface area contributed by atoms with E-state index >= 15 is 0 Å². The highest BCUT2D eigenvalue weighted by Crippen LogP contribution is 2.33. The monoisotopic (exact) mass is 369 g/mol. The van der Waals surface area contributed by atoms with Gasteiger partial charge in [0.25, 0.3) is 0 Å². The van der Waals surface area contributed by atoms with Gasteiger partial charge in [-0.15, -0.1) is 0 Å². The van der Waals surface area contributed by atoms with Crippen LogP contribution in [0.15, 0.2) is 40.9 Å². The van der Waals surface area contributed by atoms with Gasteiger partial charge in [0.1, 0.15) is 17.2 Å². The third kappa shape index (κ3) is 4.39. The van der Waals surface area contributed by atoms with Crippen molar-refractivity contribution in [2.75, 3.05) is 13.7 Å². The second-order valence-corrected chi connectivity index (χ2v) is 6.81. The summed E-state index contributed by atoms with van der Waals surface area (Å²) in [5, 5.41) is 15.1. The number of aromatic hydroxyl groups is 1. The number of aryl methyl sites for hydroxylation is 1. The number of fused-ring (bicyclic) bond motifs is 1. The van der Waals surface area contributed by atoms with E-state index in [0.717, 1.165) is 16.7 Å². The number of benzene rings is 2. The molecule has 3 aromatic rings. The quantitative estimate of drug-likeness (QED) is 0.624. The van der Waals surface area contributed by atoms with Crippen LogP contribution in [0.25, 0.3) is 22.2 Å². The number of phenolic OH excluding ortho intramolecular Hbond substituents is 1. The van der Waals surface area contributed by atoms with E-state index in [9.17, 15) is 9.90 Å². The number of aromatic nitrogens is 1. The number of ether oxygens (including phenoxy) is 2. The highest BCUT2D eigenvalue weighted by atomic mass is 16.5. The Morgan fingerprint density at radius 2 is 2.04 bits per heavy atom. The lowest BCUT2D eigenvalue weighted by Crippen LogP contribution is -2.04. The molecule has 0 aliphatic rings. The molecular formula is C21H23NO5. The smallest absolute Gasteiger partial charge is 0.305 e. The lowest BCUT2D eigenvalue weighted by molar-refractivity contribution is -0.140. The summed E-state index contributed by atoms with van der Waals surface area (Å²) in [5.74, 6) is 0.996. The van der Waals surface area contributed by atoms with Crippen LogP contribution in [0.2, 0.25) is 0 Å². The Kier molecular flexibility index (Phi) is 5.64. The Morgan fingerprint density at radius 3 is 2.78 bits per heavy atom. The van der Waals surface area contributed by atoms with E-state index < -0.39 is 0 Å². The fourth-order valence-corrected chi connectivity index (χ4v) is 2.75. The average molecular weight is 369 g/mol. The lowest BCUT2D eigenvalue weighted by atomic mass is 10.0. The first-order chi connectivity index (χ1) is 13.0. The third-order valence-electron chi connectivity index (χ3n) is 4.21. The molecule has 0 amide bonds. The number of rotatable bonds is 7. The number of hydrogen-bond acceptors (Lipinski definition) is 6. The van der Waals surface area contributed by atoms with Crippen molar-refractivity contribution in [2.45, 2.75) is 26.7 Å². The van der Waals surface area contributed by atoms with Crippen LogP contribution in [0.5, 0.6) is 11.5 Å². The van der Waals surface area contributed by atoms with Gasteiger partial charge in [-0.2, -0.15) is 0 Å². The molecule has 1 heterocycles. The highest BCUT2D eigenvalue weighted by molar-refractivity contribution is 5.92. The van der Waals surface area contributed by atoms with Crippen molar-refractivity contribution in [1.82, 2.24) is 5.16 Å². The SMILES string of the molecule is COC(=O)CCc1cc(-c2noc3cc(OCC(C)C)ccc23)ccc1O. The van der Waals surface area contributed by atoms with Crippen LogP contribution >= 0.6 is 0 Å². The molecule has 6 nitrogen and oxygen atoms in total. The maximum atomic E-state index is 11.4. The number of methoxy groups -OCH3 is 1. The number of carbonyl (C=O) groups excluding carboxylic acids is 1. The fourth-order valence-electron chi connectivity index (χ4n) is 2.75. The minimum atomic E-state index is -0.319. The Morgan fingerprint density at radius 1 is 1.22 bits per heavy atom. The number of nitrogens with zero attached hydrogens (tertiary/aromatic N) is 1. The number of phenols is 1. The molecule has 0 spiro atoms. The van der Waals surface area contributed by atoms with Gasteiger partial charge in [-0.3, -0.25) is 4.79 Å². The fraction of sp³-hybridized carbons (Fsp3) is 0.333. The van der Waals surface area contributed by atoms with Crippen molar-refractivity contribution in [3.8, 4) is 22.8 Å². The molecule has 0 bridgehead atoms. The van der Waals surface area contributed by atoms with Gasteiger partial charge in [0, 0.05) is 23.4 Å². The summed E-state index contributed by atoms with van der Waals surface area (Å²) in [7, 11) is 1.35. The van der Waals surface area contributed by atoms with E-state index in [-0.39, 0.29) is 18.1 Å². The van der Waals surface area contributed by atoms with Crippen LogP contribution in [-0.2, 0) is 16.0 Å². The Balaban J connectivity index is 1.87. The van der Waals surface area contributed by atoms with Gasteiger partial charge in [-0.25, -0.2) is 0 Å². The van der Waals surface area contributed by atoms with E-state index in [1.165, 1.54) is 7.11 Å². The summed E-state index contributed by atoms with van der Waals surface area (Å²) in [4.78, 5) is 11.4. The zero-order chi connectivity index (χ0) is 19.4. The average Bonchev–Trinajstić information content (AvgIpc) is 3.08. The summed E-state index contributed by atoms with van der Waals surface area (Å²) in [6, 6.07) is 10.8. The minimum Gasteiger partial charge on any atom is -0.508 e. The van der Waals surface area contributed by atoms with Crippen LogP contribution in [0.1, 0.15) is 25.8 Å². The number of carbonyl (C=O) groups is 1. The van der Waals surface area contributed by atoms with Crippen molar-refractivity contribution in [3.05, 3.63) is 42.0 Å². The maximum Gasteiger partial charge on any atom is 0.305 e. The molecule has 6 heteroatoms. The highest BCUT2D eigenvalue weighted by Gasteiger charge is 2.14. The van der Waals surface area contributed by atoms with Gasteiger partial charge in [0.2, 0.25) is 0 Å². The van der Waals surface area contributed by atoms with Crippen molar-refractivity contribution >= 4 is 16.9 Å². The minimum absolute atomic E-state index is 0.139. The molecule has 3 rings (SSSR count). The molecule has 0 atom stereocenters. The molecule has 0 radical (unpaired) electrons. The zero-order valence-electron chi connectivity index (χ0n) is 15.7. The van der Waals surface area contributed by atoms with Gasteiger partial charge in [-0.05, 0) is 48.2 Å². The molecule has 1 N–H and O–H groups in total. The summed E-state index contributed by atoms with van der Waals surface area (Å²) < 4.78 is 15.9. The van der Waals surface area contributed by atoms with Gasteiger partial charge < -0.3 is 19.1 Å². The molecule has 2 aromatic carbocycles. The Labute approximate surface area is 157 Å². The summed E-state index contributed by atoms with van der Waals surface area (Å²) in [6.45, 7) is 4.81. The van der Waals surface area contributed by atoms with E-state index in [4.69, 9.17) is 9.26 Å². The second-order valence-electron chi connectivity index (χ2n) is 6.81. The predicted molar refractivity (Wildman–Crippen MR) is 102 cm³/mol. The third-order valence-corrected chi connectivity index (χ3v) is 4.21. The van der Waals surface area contributed by atoms with Crippen LogP contribution in [0, 0.1) is 5.92 Å². The van der Waals surface area contributed by atoms with E-state index in [0.29, 0.717) is 35.8 Å². The first-order valence-electron chi connectivity index (χ1n) is 8.89. The van der Waals surface area contributed by atoms with Gasteiger partial charge in [0.15, 0.2) is 5.58 Å². The molecular weight excluding hydrogens is 346 g/mol. The predicted octanol–water partition coefficient (Wildman–Crippen LogP) is 4.34.